The molecule has 1 saturated heterocycles. The van der Waals surface area contributed by atoms with E-state index in [0.29, 0.717) is 0 Å². The summed E-state index contributed by atoms with van der Waals surface area (Å²) < 4.78 is 25.6. The summed E-state index contributed by atoms with van der Waals surface area (Å²) in [6.45, 7) is 4.91. The van der Waals surface area contributed by atoms with Crippen LogP contribution in [0.3, 0.4) is 0 Å². The average molecular weight is 398 g/mol. The Hall–Kier alpha value is -3.02. The first-order valence-corrected chi connectivity index (χ1v) is 10.7. The monoisotopic (exact) mass is 397 g/mol. The Kier molecular flexibility index (Phi) is 7.04. The molecular weight excluding hydrogens is 374 g/mol. The molecule has 1 N–H and O–H groups in total. The summed E-state index contributed by atoms with van der Waals surface area (Å²) in [4.78, 5) is 2.24. The fourth-order valence-electron chi connectivity index (χ4n) is 3.06. The summed E-state index contributed by atoms with van der Waals surface area (Å²) in [5, 5.41) is 29.5. The van der Waals surface area contributed by atoms with E-state index in [4.69, 9.17) is 10.5 Å². The van der Waals surface area contributed by atoms with Crippen molar-refractivity contribution in [2.45, 2.75) is 49.7 Å². The molecule has 0 amide bonds. The number of rotatable bonds is 5. The Morgan fingerprint density at radius 3 is 2.14 bits per heavy atom. The van der Waals surface area contributed by atoms with Gasteiger partial charge in [0.15, 0.2) is 15.4 Å². The number of benzene rings is 1. The molecule has 28 heavy (non-hydrogen) atoms. The van der Waals surface area contributed by atoms with Gasteiger partial charge < -0.3 is 10.2 Å². The standard InChI is InChI=1S/C20H23N5O2S/c1-15(2)28(26,27)20-8-7-17(25-9-5-3-4-6-10-25)11-18(20)24-19(14-23)16(12-21)13-22/h7-8,11,15,24H,3-6,9-10H2,1-2H3. The van der Waals surface area contributed by atoms with Crippen molar-refractivity contribution in [2.24, 2.45) is 0 Å². The van der Waals surface area contributed by atoms with Gasteiger partial charge in [-0.1, -0.05) is 12.8 Å². The molecule has 2 rings (SSSR count). The number of hydrogen-bond acceptors (Lipinski definition) is 7. The van der Waals surface area contributed by atoms with E-state index in [1.54, 1.807) is 44.2 Å². The fourth-order valence-corrected chi connectivity index (χ4v) is 4.24. The third kappa shape index (κ3) is 4.63. The summed E-state index contributed by atoms with van der Waals surface area (Å²) >= 11 is 0. The summed E-state index contributed by atoms with van der Waals surface area (Å²) in [6, 6.07) is 10.1. The van der Waals surface area contributed by atoms with Gasteiger partial charge in [0.2, 0.25) is 0 Å². The number of allylic oxidation sites excluding steroid dienone is 2. The highest BCUT2D eigenvalue weighted by molar-refractivity contribution is 7.92. The van der Waals surface area contributed by atoms with E-state index < -0.39 is 20.7 Å². The molecule has 8 heteroatoms. The maximum Gasteiger partial charge on any atom is 0.182 e. The van der Waals surface area contributed by atoms with Crippen LogP contribution in [0.2, 0.25) is 0 Å². The second-order valence-corrected chi connectivity index (χ2v) is 9.36. The summed E-state index contributed by atoms with van der Waals surface area (Å²) in [6.07, 6.45) is 4.45. The van der Waals surface area contributed by atoms with Crippen LogP contribution in [0.25, 0.3) is 0 Å². The number of nitrogens with zero attached hydrogens (tertiary/aromatic N) is 4. The number of nitriles is 3. The maximum absolute atomic E-state index is 12.8. The first kappa shape index (κ1) is 21.3. The average Bonchev–Trinajstić information content (AvgIpc) is 2.97. The first-order chi connectivity index (χ1) is 13.3. The van der Waals surface area contributed by atoms with E-state index in [0.717, 1.165) is 44.5 Å². The third-order valence-electron chi connectivity index (χ3n) is 4.71. The lowest BCUT2D eigenvalue weighted by molar-refractivity contribution is 0.587. The topological polar surface area (TPSA) is 121 Å². The predicted octanol–water partition coefficient (Wildman–Crippen LogP) is 3.49. The van der Waals surface area contributed by atoms with Crippen molar-refractivity contribution in [3.05, 3.63) is 29.5 Å². The minimum Gasteiger partial charge on any atom is -0.371 e. The number of nitrogens with one attached hydrogen (secondary N) is 1. The molecule has 1 fully saturated rings. The second-order valence-electron chi connectivity index (χ2n) is 6.89. The van der Waals surface area contributed by atoms with Crippen molar-refractivity contribution >= 4 is 21.2 Å². The molecule has 1 aliphatic heterocycles. The molecule has 1 heterocycles. The van der Waals surface area contributed by atoms with Crippen molar-refractivity contribution in [3.8, 4) is 18.2 Å². The van der Waals surface area contributed by atoms with E-state index in [1.807, 2.05) is 0 Å². The molecule has 0 bridgehead atoms. The van der Waals surface area contributed by atoms with Gasteiger partial charge in [-0.3, -0.25) is 0 Å². The molecule has 1 aromatic rings. The van der Waals surface area contributed by atoms with Crippen molar-refractivity contribution in [3.63, 3.8) is 0 Å². The summed E-state index contributed by atoms with van der Waals surface area (Å²) in [5.41, 5.74) is 0.392. The van der Waals surface area contributed by atoms with Crippen LogP contribution < -0.4 is 10.2 Å². The molecule has 1 aliphatic rings. The molecule has 0 unspecified atom stereocenters. The van der Waals surface area contributed by atoms with Crippen LogP contribution in [0.15, 0.2) is 34.4 Å². The van der Waals surface area contributed by atoms with Gasteiger partial charge in [-0.05, 0) is 44.9 Å². The van der Waals surface area contributed by atoms with E-state index >= 15 is 0 Å². The van der Waals surface area contributed by atoms with Gasteiger partial charge in [0, 0.05) is 18.8 Å². The molecule has 0 radical (unpaired) electrons. The molecule has 0 aromatic heterocycles. The molecule has 146 valence electrons. The predicted molar refractivity (Wildman–Crippen MR) is 107 cm³/mol. The lowest BCUT2D eigenvalue weighted by atomic mass is 10.2. The van der Waals surface area contributed by atoms with Gasteiger partial charge in [-0.2, -0.15) is 15.8 Å². The molecule has 1 aromatic carbocycles. The molecule has 0 saturated carbocycles. The highest BCUT2D eigenvalue weighted by atomic mass is 32.2. The van der Waals surface area contributed by atoms with E-state index in [9.17, 15) is 13.7 Å². The maximum atomic E-state index is 12.8. The van der Waals surface area contributed by atoms with Crippen LogP contribution >= 0.6 is 0 Å². The highest BCUT2D eigenvalue weighted by Gasteiger charge is 2.25. The molecule has 0 aliphatic carbocycles. The van der Waals surface area contributed by atoms with Crippen LogP contribution in [0, 0.1) is 34.0 Å². The molecule has 7 nitrogen and oxygen atoms in total. The highest BCUT2D eigenvalue weighted by Crippen LogP contribution is 2.32. The van der Waals surface area contributed by atoms with Gasteiger partial charge in [0.25, 0.3) is 0 Å². The van der Waals surface area contributed by atoms with Crippen LogP contribution in [0.5, 0.6) is 0 Å². The largest absolute Gasteiger partial charge is 0.371 e. The van der Waals surface area contributed by atoms with Gasteiger partial charge in [-0.25, -0.2) is 8.42 Å². The normalized spacial score (nSPS) is 14.4. The van der Waals surface area contributed by atoms with E-state index in [1.165, 1.54) is 6.07 Å². The first-order valence-electron chi connectivity index (χ1n) is 9.19. The second kappa shape index (κ2) is 9.26. The zero-order chi connectivity index (χ0) is 20.7. The number of hydrogen-bond donors (Lipinski definition) is 1. The smallest absolute Gasteiger partial charge is 0.182 e. The fraction of sp³-hybridized carbons (Fsp3) is 0.450. The van der Waals surface area contributed by atoms with Gasteiger partial charge in [-0.15, -0.1) is 0 Å². The van der Waals surface area contributed by atoms with Crippen LogP contribution in [-0.4, -0.2) is 26.8 Å². The Morgan fingerprint density at radius 2 is 1.64 bits per heavy atom. The number of anilines is 2. The molecule has 0 atom stereocenters. The van der Waals surface area contributed by atoms with Crippen LogP contribution in [-0.2, 0) is 9.84 Å². The minimum atomic E-state index is -3.63. The van der Waals surface area contributed by atoms with Crippen molar-refractivity contribution in [1.29, 1.82) is 15.8 Å². The van der Waals surface area contributed by atoms with Gasteiger partial charge >= 0.3 is 0 Å². The van der Waals surface area contributed by atoms with Crippen LogP contribution in [0.4, 0.5) is 11.4 Å². The third-order valence-corrected chi connectivity index (χ3v) is 6.92. The quantitative estimate of drug-likeness (QED) is 0.755. The van der Waals surface area contributed by atoms with Crippen molar-refractivity contribution in [2.75, 3.05) is 23.3 Å². The SMILES string of the molecule is CC(C)S(=O)(=O)c1ccc(N2CCCCCC2)cc1NC(C#N)=C(C#N)C#N. The zero-order valence-corrected chi connectivity index (χ0v) is 16.9. The lowest BCUT2D eigenvalue weighted by Gasteiger charge is -2.24. The van der Waals surface area contributed by atoms with Gasteiger partial charge in [0.1, 0.15) is 23.9 Å². The Balaban J connectivity index is 2.59. The Bertz CT molecular complexity index is 967. The number of sulfone groups is 1. The van der Waals surface area contributed by atoms with E-state index in [2.05, 4.69) is 10.2 Å². The van der Waals surface area contributed by atoms with Crippen LogP contribution in [0.1, 0.15) is 39.5 Å². The van der Waals surface area contributed by atoms with Gasteiger partial charge in [0.05, 0.1) is 15.8 Å². The summed E-state index contributed by atoms with van der Waals surface area (Å²) in [7, 11) is -3.63. The Labute approximate surface area is 166 Å². The lowest BCUT2D eigenvalue weighted by Crippen LogP contribution is -2.24. The Morgan fingerprint density at radius 1 is 1.04 bits per heavy atom. The molecule has 0 spiro atoms. The summed E-state index contributed by atoms with van der Waals surface area (Å²) in [5.74, 6) is 0. The molecular formula is C20H23N5O2S. The van der Waals surface area contributed by atoms with Crippen molar-refractivity contribution < 1.29 is 8.42 Å². The van der Waals surface area contributed by atoms with E-state index in [-0.39, 0.29) is 16.3 Å². The zero-order valence-electron chi connectivity index (χ0n) is 16.1. The van der Waals surface area contributed by atoms with Crippen molar-refractivity contribution in [1.82, 2.24) is 0 Å². The minimum absolute atomic E-state index is 0.0454.